The van der Waals surface area contributed by atoms with E-state index in [0.717, 1.165) is 12.8 Å². The second-order valence-electron chi connectivity index (χ2n) is 5.75. The summed E-state index contributed by atoms with van der Waals surface area (Å²) in [6.45, 7) is 0.558. The van der Waals surface area contributed by atoms with Crippen molar-refractivity contribution in [2.24, 2.45) is 5.92 Å². The van der Waals surface area contributed by atoms with E-state index < -0.39 is 10.0 Å². The molecule has 1 atom stereocenters. The number of hydrogen-bond donors (Lipinski definition) is 1. The van der Waals surface area contributed by atoms with Crippen molar-refractivity contribution in [1.82, 2.24) is 4.31 Å². The molecule has 20 heavy (non-hydrogen) atoms. The normalized spacial score (nSPS) is 25.6. The summed E-state index contributed by atoms with van der Waals surface area (Å²) in [4.78, 5) is 0.709. The Morgan fingerprint density at radius 2 is 1.95 bits per heavy atom. The molecule has 1 saturated carbocycles. The van der Waals surface area contributed by atoms with E-state index in [-0.39, 0.29) is 12.6 Å². The summed E-state index contributed by atoms with van der Waals surface area (Å²) in [6.07, 6.45) is 6.79. The number of sulfonamides is 1. The smallest absolute Gasteiger partial charge is 0.252 e. The van der Waals surface area contributed by atoms with Gasteiger partial charge in [0.15, 0.2) is 0 Å². The molecule has 1 aliphatic carbocycles. The Bertz CT molecular complexity index is 561. The average Bonchev–Trinajstić information content (AvgIpc) is 3.17. The molecule has 6 heteroatoms. The van der Waals surface area contributed by atoms with Gasteiger partial charge in [0.2, 0.25) is 0 Å². The first-order valence-corrected chi connectivity index (χ1v) is 9.60. The maximum absolute atomic E-state index is 12.8. The second kappa shape index (κ2) is 5.75. The van der Waals surface area contributed by atoms with Gasteiger partial charge in [-0.25, -0.2) is 8.42 Å². The van der Waals surface area contributed by atoms with Crippen LogP contribution in [0.4, 0.5) is 0 Å². The highest BCUT2D eigenvalue weighted by atomic mass is 32.2. The first-order chi connectivity index (χ1) is 9.63. The molecule has 1 N–H and O–H groups in total. The summed E-state index contributed by atoms with van der Waals surface area (Å²) in [7, 11) is -3.37. The lowest BCUT2D eigenvalue weighted by Gasteiger charge is -2.28. The van der Waals surface area contributed by atoms with Crippen molar-refractivity contribution < 1.29 is 13.5 Å². The van der Waals surface area contributed by atoms with Gasteiger partial charge in [0.05, 0.1) is 6.61 Å². The standard InChI is InChI=1S/C14H21NO3S2/c16-10-12-7-8-14(19-12)20(17,18)15-9-3-6-13(15)11-4-1-2-5-11/h7-8,11,13,16H,1-6,9-10H2. The van der Waals surface area contributed by atoms with Gasteiger partial charge in [0, 0.05) is 17.5 Å². The van der Waals surface area contributed by atoms with Crippen LogP contribution in [0, 0.1) is 5.92 Å². The van der Waals surface area contributed by atoms with Crippen LogP contribution in [0.2, 0.25) is 0 Å². The number of aliphatic hydroxyl groups excluding tert-OH is 1. The summed E-state index contributed by atoms with van der Waals surface area (Å²) in [5, 5.41) is 9.11. The summed E-state index contributed by atoms with van der Waals surface area (Å²) in [5.74, 6) is 0.546. The third-order valence-electron chi connectivity index (χ3n) is 4.55. The lowest BCUT2D eigenvalue weighted by molar-refractivity contribution is 0.285. The molecular formula is C14H21NO3S2. The van der Waals surface area contributed by atoms with Crippen LogP contribution in [-0.2, 0) is 16.6 Å². The van der Waals surface area contributed by atoms with Gasteiger partial charge in [0.25, 0.3) is 10.0 Å². The van der Waals surface area contributed by atoms with Crippen LogP contribution in [0.5, 0.6) is 0 Å². The molecule has 0 spiro atoms. The lowest BCUT2D eigenvalue weighted by atomic mass is 9.97. The molecule has 1 aliphatic heterocycles. The highest BCUT2D eigenvalue weighted by molar-refractivity contribution is 7.91. The molecule has 0 aromatic carbocycles. The Morgan fingerprint density at radius 1 is 1.20 bits per heavy atom. The molecule has 1 aromatic heterocycles. The van der Waals surface area contributed by atoms with Crippen molar-refractivity contribution in [3.63, 3.8) is 0 Å². The fourth-order valence-electron chi connectivity index (χ4n) is 3.57. The van der Waals surface area contributed by atoms with Gasteiger partial charge < -0.3 is 5.11 Å². The van der Waals surface area contributed by atoms with E-state index in [1.165, 1.54) is 37.0 Å². The molecule has 1 unspecified atom stereocenters. The summed E-state index contributed by atoms with van der Waals surface area (Å²) >= 11 is 1.19. The van der Waals surface area contributed by atoms with Crippen LogP contribution in [0.15, 0.2) is 16.3 Å². The fraction of sp³-hybridized carbons (Fsp3) is 0.714. The molecule has 3 rings (SSSR count). The van der Waals surface area contributed by atoms with Crippen LogP contribution in [0.3, 0.4) is 0 Å². The van der Waals surface area contributed by atoms with Crippen molar-refractivity contribution in [3.8, 4) is 0 Å². The van der Waals surface area contributed by atoms with Crippen LogP contribution < -0.4 is 0 Å². The van der Waals surface area contributed by atoms with Gasteiger partial charge in [-0.3, -0.25) is 0 Å². The van der Waals surface area contributed by atoms with Gasteiger partial charge in [-0.05, 0) is 43.7 Å². The number of rotatable bonds is 4. The van der Waals surface area contributed by atoms with E-state index in [2.05, 4.69) is 0 Å². The largest absolute Gasteiger partial charge is 0.391 e. The summed E-state index contributed by atoms with van der Waals surface area (Å²) in [5.41, 5.74) is 0. The molecular weight excluding hydrogens is 294 g/mol. The molecule has 0 radical (unpaired) electrons. The quantitative estimate of drug-likeness (QED) is 0.929. The topological polar surface area (TPSA) is 57.6 Å². The van der Waals surface area contributed by atoms with E-state index in [9.17, 15) is 8.42 Å². The van der Waals surface area contributed by atoms with Crippen molar-refractivity contribution in [3.05, 3.63) is 17.0 Å². The molecule has 2 aliphatic rings. The molecule has 1 saturated heterocycles. The van der Waals surface area contributed by atoms with Gasteiger partial charge in [0.1, 0.15) is 4.21 Å². The molecule has 4 nitrogen and oxygen atoms in total. The molecule has 112 valence electrons. The predicted molar refractivity (Wildman–Crippen MR) is 79.1 cm³/mol. The van der Waals surface area contributed by atoms with E-state index in [1.807, 2.05) is 0 Å². The fourth-order valence-corrected chi connectivity index (χ4v) is 6.67. The summed E-state index contributed by atoms with van der Waals surface area (Å²) in [6, 6.07) is 3.54. The number of thiophene rings is 1. The SMILES string of the molecule is O=S(=O)(c1ccc(CO)s1)N1CCCC1C1CCCC1. The highest BCUT2D eigenvalue weighted by Crippen LogP contribution is 2.39. The van der Waals surface area contributed by atoms with E-state index in [4.69, 9.17) is 5.11 Å². The minimum Gasteiger partial charge on any atom is -0.391 e. The molecule has 0 bridgehead atoms. The number of nitrogens with zero attached hydrogens (tertiary/aromatic N) is 1. The van der Waals surface area contributed by atoms with E-state index >= 15 is 0 Å². The van der Waals surface area contributed by atoms with Gasteiger partial charge >= 0.3 is 0 Å². The number of hydrogen-bond acceptors (Lipinski definition) is 4. The maximum atomic E-state index is 12.8. The minimum atomic E-state index is -3.37. The zero-order valence-electron chi connectivity index (χ0n) is 11.5. The maximum Gasteiger partial charge on any atom is 0.252 e. The van der Waals surface area contributed by atoms with E-state index in [0.29, 0.717) is 21.5 Å². The molecule has 1 aromatic rings. The Hall–Kier alpha value is -0.430. The van der Waals surface area contributed by atoms with Gasteiger partial charge in [-0.15, -0.1) is 11.3 Å². The molecule has 2 fully saturated rings. The van der Waals surface area contributed by atoms with E-state index in [1.54, 1.807) is 16.4 Å². The summed E-state index contributed by atoms with van der Waals surface area (Å²) < 4.78 is 27.7. The highest BCUT2D eigenvalue weighted by Gasteiger charge is 2.40. The Labute approximate surface area is 124 Å². The van der Waals surface area contributed by atoms with Crippen molar-refractivity contribution >= 4 is 21.4 Å². The molecule has 2 heterocycles. The first kappa shape index (κ1) is 14.5. The lowest BCUT2D eigenvalue weighted by Crippen LogP contribution is -2.39. The average molecular weight is 315 g/mol. The first-order valence-electron chi connectivity index (χ1n) is 7.34. The Kier molecular flexibility index (Phi) is 4.17. The number of aliphatic hydroxyl groups is 1. The third kappa shape index (κ3) is 2.54. The second-order valence-corrected chi connectivity index (χ2v) is 9.03. The zero-order chi connectivity index (χ0) is 14.2. The minimum absolute atomic E-state index is 0.0910. The Balaban J connectivity index is 1.85. The van der Waals surface area contributed by atoms with Crippen LogP contribution >= 0.6 is 11.3 Å². The zero-order valence-corrected chi connectivity index (χ0v) is 13.1. The van der Waals surface area contributed by atoms with Crippen molar-refractivity contribution in [2.45, 2.75) is 55.4 Å². The van der Waals surface area contributed by atoms with Gasteiger partial charge in [-0.1, -0.05) is 12.8 Å². The predicted octanol–water partition coefficient (Wildman–Crippen LogP) is 2.58. The van der Waals surface area contributed by atoms with Crippen LogP contribution in [0.25, 0.3) is 0 Å². The monoisotopic (exact) mass is 315 g/mol. The third-order valence-corrected chi connectivity index (χ3v) is 8.01. The van der Waals surface area contributed by atoms with Crippen molar-refractivity contribution in [2.75, 3.05) is 6.54 Å². The molecule has 0 amide bonds. The van der Waals surface area contributed by atoms with Crippen molar-refractivity contribution in [1.29, 1.82) is 0 Å². The van der Waals surface area contributed by atoms with Crippen LogP contribution in [0.1, 0.15) is 43.4 Å². The van der Waals surface area contributed by atoms with Crippen LogP contribution in [-0.4, -0.2) is 30.4 Å². The Morgan fingerprint density at radius 3 is 2.60 bits per heavy atom. The van der Waals surface area contributed by atoms with Gasteiger partial charge in [-0.2, -0.15) is 4.31 Å².